The fraction of sp³-hybridized carbons (Fsp3) is 0.333. The van der Waals surface area contributed by atoms with Gasteiger partial charge in [0, 0.05) is 18.7 Å². The zero-order chi connectivity index (χ0) is 17.9. The molecular weight excluding hydrogens is 326 g/mol. The van der Waals surface area contributed by atoms with Crippen LogP contribution in [0.3, 0.4) is 0 Å². The summed E-state index contributed by atoms with van der Waals surface area (Å²) in [5, 5.41) is 4.17. The van der Waals surface area contributed by atoms with Crippen molar-refractivity contribution in [2.75, 3.05) is 20.2 Å². The molecule has 0 bridgehead atoms. The molecule has 26 heavy (non-hydrogen) atoms. The first-order valence-electron chi connectivity index (χ1n) is 8.97. The molecule has 134 valence electrons. The highest BCUT2D eigenvalue weighted by molar-refractivity contribution is 5.56. The van der Waals surface area contributed by atoms with Gasteiger partial charge in [-0.3, -0.25) is 4.90 Å². The molecule has 1 aromatic heterocycles. The minimum Gasteiger partial charge on any atom is -0.497 e. The van der Waals surface area contributed by atoms with Crippen LogP contribution < -0.4 is 4.74 Å². The average Bonchev–Trinajstić information content (AvgIpc) is 3.31. The summed E-state index contributed by atoms with van der Waals surface area (Å²) in [6, 6.07) is 16.4. The Morgan fingerprint density at radius 2 is 2.08 bits per heavy atom. The minimum atomic E-state index is 0.298. The van der Waals surface area contributed by atoms with E-state index in [0.717, 1.165) is 43.3 Å². The van der Waals surface area contributed by atoms with E-state index in [0.29, 0.717) is 11.7 Å². The van der Waals surface area contributed by atoms with Crippen LogP contribution in [0.25, 0.3) is 11.4 Å². The van der Waals surface area contributed by atoms with Crippen molar-refractivity contribution in [2.24, 2.45) is 0 Å². The predicted octanol–water partition coefficient (Wildman–Crippen LogP) is 4.04. The number of ether oxygens (including phenoxy) is 1. The zero-order valence-electron chi connectivity index (χ0n) is 15.2. The molecule has 1 atom stereocenters. The Bertz CT molecular complexity index is 890. The van der Waals surface area contributed by atoms with Gasteiger partial charge in [-0.15, -0.1) is 0 Å². The van der Waals surface area contributed by atoms with Crippen LogP contribution >= 0.6 is 0 Å². The first-order valence-corrected chi connectivity index (χ1v) is 8.97. The standard InChI is InChI=1S/C21H23N3O2/c1-15-5-3-6-16(11-15)13-24-10-9-18(14-24)21-22-20(23-26-21)17-7-4-8-19(12-17)25-2/h3-8,11-12,18H,9-10,13-14H2,1-2H3/t18-/m0/s1. The van der Waals surface area contributed by atoms with Gasteiger partial charge in [0.25, 0.3) is 0 Å². The van der Waals surface area contributed by atoms with Gasteiger partial charge in [-0.1, -0.05) is 47.1 Å². The van der Waals surface area contributed by atoms with E-state index in [4.69, 9.17) is 9.26 Å². The number of benzene rings is 2. The summed E-state index contributed by atoms with van der Waals surface area (Å²) in [6.07, 6.45) is 1.05. The van der Waals surface area contributed by atoms with Gasteiger partial charge in [0.15, 0.2) is 0 Å². The number of likely N-dealkylation sites (tertiary alicyclic amines) is 1. The predicted molar refractivity (Wildman–Crippen MR) is 100 cm³/mol. The van der Waals surface area contributed by atoms with Crippen molar-refractivity contribution in [3.8, 4) is 17.1 Å². The van der Waals surface area contributed by atoms with Gasteiger partial charge in [-0.05, 0) is 37.6 Å². The molecule has 0 amide bonds. The van der Waals surface area contributed by atoms with Crippen LogP contribution in [0.5, 0.6) is 5.75 Å². The van der Waals surface area contributed by atoms with Crippen molar-refractivity contribution < 1.29 is 9.26 Å². The molecule has 0 saturated carbocycles. The second-order valence-corrected chi connectivity index (χ2v) is 6.90. The van der Waals surface area contributed by atoms with E-state index in [2.05, 4.69) is 46.2 Å². The van der Waals surface area contributed by atoms with E-state index in [-0.39, 0.29) is 0 Å². The number of aromatic nitrogens is 2. The number of aryl methyl sites for hydroxylation is 1. The number of nitrogens with zero attached hydrogens (tertiary/aromatic N) is 3. The van der Waals surface area contributed by atoms with Crippen molar-refractivity contribution in [1.82, 2.24) is 15.0 Å². The summed E-state index contributed by atoms with van der Waals surface area (Å²) in [5.74, 6) is 2.44. The summed E-state index contributed by atoms with van der Waals surface area (Å²) in [5.41, 5.74) is 3.57. The third kappa shape index (κ3) is 3.63. The van der Waals surface area contributed by atoms with Gasteiger partial charge in [0.1, 0.15) is 5.75 Å². The van der Waals surface area contributed by atoms with Crippen molar-refractivity contribution >= 4 is 0 Å². The van der Waals surface area contributed by atoms with E-state index in [9.17, 15) is 0 Å². The van der Waals surface area contributed by atoms with Crippen LogP contribution in [0.2, 0.25) is 0 Å². The lowest BCUT2D eigenvalue weighted by molar-refractivity contribution is 0.309. The smallest absolute Gasteiger partial charge is 0.231 e. The Balaban J connectivity index is 1.43. The fourth-order valence-corrected chi connectivity index (χ4v) is 3.53. The number of rotatable bonds is 5. The lowest BCUT2D eigenvalue weighted by Crippen LogP contribution is -2.19. The van der Waals surface area contributed by atoms with Crippen LogP contribution in [-0.4, -0.2) is 35.2 Å². The van der Waals surface area contributed by atoms with Crippen molar-refractivity contribution in [3.05, 3.63) is 65.5 Å². The van der Waals surface area contributed by atoms with Crippen LogP contribution in [0.1, 0.15) is 29.4 Å². The first kappa shape index (κ1) is 16.8. The molecule has 2 aromatic carbocycles. The molecule has 4 rings (SSSR count). The second kappa shape index (κ2) is 7.30. The molecule has 2 heterocycles. The molecule has 0 N–H and O–H groups in total. The Morgan fingerprint density at radius 3 is 2.92 bits per heavy atom. The van der Waals surface area contributed by atoms with E-state index in [1.807, 2.05) is 24.3 Å². The summed E-state index contributed by atoms with van der Waals surface area (Å²) in [6.45, 7) is 5.10. The molecule has 5 nitrogen and oxygen atoms in total. The third-order valence-corrected chi connectivity index (χ3v) is 4.88. The van der Waals surface area contributed by atoms with Gasteiger partial charge in [-0.25, -0.2) is 0 Å². The highest BCUT2D eigenvalue weighted by Crippen LogP contribution is 2.29. The lowest BCUT2D eigenvalue weighted by atomic mass is 10.1. The molecule has 5 heteroatoms. The third-order valence-electron chi connectivity index (χ3n) is 4.88. The maximum absolute atomic E-state index is 5.57. The molecule has 3 aromatic rings. The molecule has 0 unspecified atom stereocenters. The largest absolute Gasteiger partial charge is 0.497 e. The van der Waals surface area contributed by atoms with Gasteiger partial charge >= 0.3 is 0 Å². The Labute approximate surface area is 153 Å². The minimum absolute atomic E-state index is 0.298. The van der Waals surface area contributed by atoms with E-state index in [1.165, 1.54) is 11.1 Å². The van der Waals surface area contributed by atoms with Gasteiger partial charge in [-0.2, -0.15) is 4.98 Å². The SMILES string of the molecule is COc1cccc(-c2noc([C@H]3CCN(Cc4cccc(C)c4)C3)n2)c1. The fourth-order valence-electron chi connectivity index (χ4n) is 3.53. The summed E-state index contributed by atoms with van der Waals surface area (Å²) in [7, 11) is 1.65. The Morgan fingerprint density at radius 1 is 1.19 bits per heavy atom. The van der Waals surface area contributed by atoms with Gasteiger partial charge < -0.3 is 9.26 Å². The van der Waals surface area contributed by atoms with Crippen LogP contribution in [0.4, 0.5) is 0 Å². The van der Waals surface area contributed by atoms with Crippen molar-refractivity contribution in [3.63, 3.8) is 0 Å². The van der Waals surface area contributed by atoms with E-state index in [1.54, 1.807) is 7.11 Å². The molecule has 0 aliphatic carbocycles. The lowest BCUT2D eigenvalue weighted by Gasteiger charge is -2.15. The maximum Gasteiger partial charge on any atom is 0.231 e. The normalized spacial score (nSPS) is 17.5. The topological polar surface area (TPSA) is 51.4 Å². The van der Waals surface area contributed by atoms with Crippen LogP contribution in [-0.2, 0) is 6.54 Å². The first-order chi connectivity index (χ1) is 12.7. The molecule has 0 spiro atoms. The highest BCUT2D eigenvalue weighted by Gasteiger charge is 2.28. The number of hydrogen-bond donors (Lipinski definition) is 0. The van der Waals surface area contributed by atoms with Gasteiger partial charge in [0.2, 0.25) is 11.7 Å². The summed E-state index contributed by atoms with van der Waals surface area (Å²) >= 11 is 0. The van der Waals surface area contributed by atoms with Crippen LogP contribution in [0.15, 0.2) is 53.1 Å². The monoisotopic (exact) mass is 349 g/mol. The van der Waals surface area contributed by atoms with Crippen molar-refractivity contribution in [1.29, 1.82) is 0 Å². The summed E-state index contributed by atoms with van der Waals surface area (Å²) in [4.78, 5) is 7.09. The van der Waals surface area contributed by atoms with E-state index >= 15 is 0 Å². The maximum atomic E-state index is 5.57. The quantitative estimate of drug-likeness (QED) is 0.696. The molecule has 1 fully saturated rings. The Hall–Kier alpha value is -2.66. The Kier molecular flexibility index (Phi) is 4.71. The molecular formula is C21H23N3O2. The molecule has 0 radical (unpaired) electrons. The molecule has 1 aliphatic rings. The molecule has 1 saturated heterocycles. The van der Waals surface area contributed by atoms with Gasteiger partial charge in [0.05, 0.1) is 13.0 Å². The second-order valence-electron chi connectivity index (χ2n) is 6.90. The average molecular weight is 349 g/mol. The highest BCUT2D eigenvalue weighted by atomic mass is 16.5. The number of hydrogen-bond acceptors (Lipinski definition) is 5. The summed E-state index contributed by atoms with van der Waals surface area (Å²) < 4.78 is 10.8. The molecule has 1 aliphatic heterocycles. The van der Waals surface area contributed by atoms with Crippen LogP contribution in [0, 0.1) is 6.92 Å². The van der Waals surface area contributed by atoms with E-state index < -0.39 is 0 Å². The van der Waals surface area contributed by atoms with Crippen molar-refractivity contribution in [2.45, 2.75) is 25.8 Å². The number of methoxy groups -OCH3 is 1. The zero-order valence-corrected chi connectivity index (χ0v) is 15.2.